The van der Waals surface area contributed by atoms with Crippen LogP contribution in [0.25, 0.3) is 0 Å². The fraction of sp³-hybridized carbons (Fsp3) is 0.600. The fourth-order valence-electron chi connectivity index (χ4n) is 2.17. The SMILES string of the molecule is CC(C)OCCN(C)Cc1cccc2c1OCCN2. The Morgan fingerprint density at radius 1 is 1.42 bits per heavy atom. The number of ether oxygens (including phenoxy) is 2. The summed E-state index contributed by atoms with van der Waals surface area (Å²) in [7, 11) is 2.11. The normalized spacial score (nSPS) is 14.2. The summed E-state index contributed by atoms with van der Waals surface area (Å²) in [5.74, 6) is 1.00. The first-order valence-electron chi connectivity index (χ1n) is 6.95. The van der Waals surface area contributed by atoms with Crippen molar-refractivity contribution in [3.05, 3.63) is 23.8 Å². The predicted molar refractivity (Wildman–Crippen MR) is 77.8 cm³/mol. The average Bonchev–Trinajstić information content (AvgIpc) is 2.39. The van der Waals surface area contributed by atoms with Gasteiger partial charge in [-0.15, -0.1) is 0 Å². The lowest BCUT2D eigenvalue weighted by Gasteiger charge is -2.24. The number of para-hydroxylation sites is 1. The van der Waals surface area contributed by atoms with Crippen molar-refractivity contribution < 1.29 is 9.47 Å². The Kier molecular flexibility index (Phi) is 5.05. The molecular weight excluding hydrogens is 240 g/mol. The molecule has 4 nitrogen and oxygen atoms in total. The van der Waals surface area contributed by atoms with Gasteiger partial charge in [-0.25, -0.2) is 0 Å². The molecule has 0 fully saturated rings. The Morgan fingerprint density at radius 3 is 3.05 bits per heavy atom. The number of anilines is 1. The van der Waals surface area contributed by atoms with Gasteiger partial charge in [-0.2, -0.15) is 0 Å². The van der Waals surface area contributed by atoms with E-state index in [1.165, 1.54) is 5.56 Å². The molecule has 106 valence electrons. The number of rotatable bonds is 6. The molecule has 4 heteroatoms. The van der Waals surface area contributed by atoms with E-state index in [0.717, 1.165) is 44.3 Å². The molecule has 0 amide bonds. The van der Waals surface area contributed by atoms with Crippen LogP contribution in [0.5, 0.6) is 5.75 Å². The first-order valence-corrected chi connectivity index (χ1v) is 6.95. The van der Waals surface area contributed by atoms with Crippen LogP contribution >= 0.6 is 0 Å². The number of nitrogens with one attached hydrogen (secondary N) is 1. The van der Waals surface area contributed by atoms with Gasteiger partial charge in [0.2, 0.25) is 0 Å². The molecule has 1 N–H and O–H groups in total. The summed E-state index contributed by atoms with van der Waals surface area (Å²) < 4.78 is 11.4. The standard InChI is InChI=1S/C15H24N2O2/c1-12(2)18-10-8-17(3)11-13-5-4-6-14-15(13)19-9-7-16-14/h4-6,12,16H,7-11H2,1-3H3. The van der Waals surface area contributed by atoms with E-state index in [1.54, 1.807) is 0 Å². The van der Waals surface area contributed by atoms with E-state index in [-0.39, 0.29) is 0 Å². The molecule has 0 spiro atoms. The summed E-state index contributed by atoms with van der Waals surface area (Å²) in [6.45, 7) is 8.32. The smallest absolute Gasteiger partial charge is 0.146 e. The highest BCUT2D eigenvalue weighted by molar-refractivity contribution is 5.61. The quantitative estimate of drug-likeness (QED) is 0.855. The van der Waals surface area contributed by atoms with Crippen LogP contribution in [0.2, 0.25) is 0 Å². The molecule has 0 aliphatic carbocycles. The summed E-state index contributed by atoms with van der Waals surface area (Å²) in [6, 6.07) is 6.28. The van der Waals surface area contributed by atoms with Crippen molar-refractivity contribution in [2.24, 2.45) is 0 Å². The van der Waals surface area contributed by atoms with E-state index >= 15 is 0 Å². The zero-order valence-electron chi connectivity index (χ0n) is 12.1. The van der Waals surface area contributed by atoms with Crippen LogP contribution in [0.1, 0.15) is 19.4 Å². The maximum Gasteiger partial charge on any atom is 0.146 e. The van der Waals surface area contributed by atoms with Gasteiger partial charge in [0, 0.05) is 25.2 Å². The molecule has 0 saturated heterocycles. The van der Waals surface area contributed by atoms with Crippen molar-refractivity contribution >= 4 is 5.69 Å². The highest BCUT2D eigenvalue weighted by Gasteiger charge is 2.14. The van der Waals surface area contributed by atoms with Crippen molar-refractivity contribution in [3.63, 3.8) is 0 Å². The van der Waals surface area contributed by atoms with Crippen LogP contribution < -0.4 is 10.1 Å². The number of fused-ring (bicyclic) bond motifs is 1. The van der Waals surface area contributed by atoms with Crippen molar-refractivity contribution in [1.29, 1.82) is 0 Å². The molecular formula is C15H24N2O2. The molecule has 0 saturated carbocycles. The van der Waals surface area contributed by atoms with E-state index in [9.17, 15) is 0 Å². The zero-order valence-corrected chi connectivity index (χ0v) is 12.1. The van der Waals surface area contributed by atoms with E-state index in [1.807, 2.05) is 0 Å². The van der Waals surface area contributed by atoms with Gasteiger partial charge in [-0.3, -0.25) is 4.90 Å². The highest BCUT2D eigenvalue weighted by Crippen LogP contribution is 2.31. The third kappa shape index (κ3) is 4.11. The Bertz CT molecular complexity index is 407. The summed E-state index contributed by atoms with van der Waals surface area (Å²) in [6.07, 6.45) is 0.297. The Balaban J connectivity index is 1.91. The summed E-state index contributed by atoms with van der Waals surface area (Å²) in [5.41, 5.74) is 2.34. The number of nitrogens with zero attached hydrogens (tertiary/aromatic N) is 1. The lowest BCUT2D eigenvalue weighted by Crippen LogP contribution is -2.25. The largest absolute Gasteiger partial charge is 0.489 e. The van der Waals surface area contributed by atoms with Gasteiger partial charge in [-0.1, -0.05) is 12.1 Å². The van der Waals surface area contributed by atoms with Gasteiger partial charge in [0.25, 0.3) is 0 Å². The number of hydrogen-bond acceptors (Lipinski definition) is 4. The molecule has 2 rings (SSSR count). The topological polar surface area (TPSA) is 33.7 Å². The van der Waals surface area contributed by atoms with Crippen LogP contribution in [-0.4, -0.2) is 44.4 Å². The van der Waals surface area contributed by atoms with Gasteiger partial charge in [0.15, 0.2) is 0 Å². The van der Waals surface area contributed by atoms with Gasteiger partial charge in [0.05, 0.1) is 18.4 Å². The molecule has 1 heterocycles. The van der Waals surface area contributed by atoms with Crippen molar-refractivity contribution in [1.82, 2.24) is 4.90 Å². The van der Waals surface area contributed by atoms with E-state index < -0.39 is 0 Å². The summed E-state index contributed by atoms with van der Waals surface area (Å²) in [5, 5.41) is 3.37. The lowest BCUT2D eigenvalue weighted by atomic mass is 10.1. The van der Waals surface area contributed by atoms with Crippen LogP contribution in [0.15, 0.2) is 18.2 Å². The van der Waals surface area contributed by atoms with Crippen LogP contribution in [0.4, 0.5) is 5.69 Å². The first kappa shape index (κ1) is 14.2. The number of hydrogen-bond donors (Lipinski definition) is 1. The summed E-state index contributed by atoms with van der Waals surface area (Å²) in [4.78, 5) is 2.26. The minimum Gasteiger partial charge on any atom is -0.489 e. The molecule has 0 unspecified atom stereocenters. The molecule has 1 aromatic rings. The van der Waals surface area contributed by atoms with Crippen molar-refractivity contribution in [2.45, 2.75) is 26.5 Å². The molecule has 0 atom stereocenters. The second kappa shape index (κ2) is 6.78. The highest BCUT2D eigenvalue weighted by atomic mass is 16.5. The van der Waals surface area contributed by atoms with Gasteiger partial charge >= 0.3 is 0 Å². The number of likely N-dealkylation sites (N-methyl/N-ethyl adjacent to an activating group) is 1. The minimum atomic E-state index is 0.297. The third-order valence-corrected chi connectivity index (χ3v) is 3.12. The van der Waals surface area contributed by atoms with Gasteiger partial charge in [0.1, 0.15) is 12.4 Å². The van der Waals surface area contributed by atoms with Crippen LogP contribution in [0.3, 0.4) is 0 Å². The molecule has 1 aromatic carbocycles. The maximum absolute atomic E-state index is 5.78. The molecule has 0 aromatic heterocycles. The second-order valence-electron chi connectivity index (χ2n) is 5.23. The lowest BCUT2D eigenvalue weighted by molar-refractivity contribution is 0.0625. The molecule has 0 bridgehead atoms. The minimum absolute atomic E-state index is 0.297. The first-order chi connectivity index (χ1) is 9.16. The van der Waals surface area contributed by atoms with E-state index in [0.29, 0.717) is 6.10 Å². The molecule has 1 aliphatic rings. The zero-order chi connectivity index (χ0) is 13.7. The van der Waals surface area contributed by atoms with E-state index in [2.05, 4.69) is 49.3 Å². The maximum atomic E-state index is 5.78. The van der Waals surface area contributed by atoms with Crippen molar-refractivity contribution in [2.75, 3.05) is 38.7 Å². The number of benzene rings is 1. The Labute approximate surface area is 115 Å². The molecule has 1 aliphatic heterocycles. The fourth-order valence-corrected chi connectivity index (χ4v) is 2.17. The van der Waals surface area contributed by atoms with E-state index in [4.69, 9.17) is 9.47 Å². The third-order valence-electron chi connectivity index (χ3n) is 3.12. The Morgan fingerprint density at radius 2 is 2.26 bits per heavy atom. The van der Waals surface area contributed by atoms with Crippen molar-refractivity contribution in [3.8, 4) is 5.75 Å². The summed E-state index contributed by atoms with van der Waals surface area (Å²) >= 11 is 0. The average molecular weight is 264 g/mol. The second-order valence-corrected chi connectivity index (χ2v) is 5.23. The van der Waals surface area contributed by atoms with Gasteiger partial charge < -0.3 is 14.8 Å². The Hall–Kier alpha value is -1.26. The molecule has 19 heavy (non-hydrogen) atoms. The van der Waals surface area contributed by atoms with Crippen LogP contribution in [-0.2, 0) is 11.3 Å². The van der Waals surface area contributed by atoms with Crippen LogP contribution in [0, 0.1) is 0 Å². The predicted octanol–water partition coefficient (Wildman–Crippen LogP) is 2.35. The monoisotopic (exact) mass is 264 g/mol. The molecule has 0 radical (unpaired) electrons. The van der Waals surface area contributed by atoms with Gasteiger partial charge in [-0.05, 0) is 27.0 Å².